The smallest absolute Gasteiger partial charge is 0.225 e. The molecule has 0 saturated carbocycles. The quantitative estimate of drug-likeness (QED) is 0.749. The number of aryl methyl sites for hydroxylation is 1. The van der Waals surface area contributed by atoms with Crippen molar-refractivity contribution in [3.63, 3.8) is 0 Å². The predicted octanol–water partition coefficient (Wildman–Crippen LogP) is 2.49. The van der Waals surface area contributed by atoms with Crippen LogP contribution in [0.5, 0.6) is 5.88 Å². The first-order valence-corrected chi connectivity index (χ1v) is 9.54. The Kier molecular flexibility index (Phi) is 4.36. The molecule has 3 aromatic rings. The van der Waals surface area contributed by atoms with E-state index in [9.17, 15) is 4.79 Å². The Bertz CT molecular complexity index is 1030. The maximum Gasteiger partial charge on any atom is 0.225 e. The lowest BCUT2D eigenvalue weighted by Crippen LogP contribution is -2.26. The Balaban J connectivity index is 1.71. The van der Waals surface area contributed by atoms with Crippen LogP contribution in [0.2, 0.25) is 0 Å². The molecular weight excluding hydrogens is 356 g/mol. The lowest BCUT2D eigenvalue weighted by Gasteiger charge is -2.19. The highest BCUT2D eigenvalue weighted by Gasteiger charge is 2.29. The number of rotatable bonds is 4. The van der Waals surface area contributed by atoms with E-state index >= 15 is 0 Å². The SMILES string of the molecule is CC(Oc1nc(-c2cnn(C(C)(C)C)c2)cc2nn(C)cc12)[C@H]1CNC(=O)C1. The molecule has 8 nitrogen and oxygen atoms in total. The number of aromatic nitrogens is 5. The van der Waals surface area contributed by atoms with E-state index in [-0.39, 0.29) is 23.5 Å². The monoisotopic (exact) mass is 382 g/mol. The number of hydrogen-bond donors (Lipinski definition) is 1. The molecule has 0 aromatic carbocycles. The van der Waals surface area contributed by atoms with Gasteiger partial charge in [0.2, 0.25) is 11.8 Å². The number of fused-ring (bicyclic) bond motifs is 1. The zero-order valence-electron chi connectivity index (χ0n) is 16.9. The molecule has 1 amide bonds. The summed E-state index contributed by atoms with van der Waals surface area (Å²) < 4.78 is 9.90. The molecule has 0 bridgehead atoms. The third-order valence-corrected chi connectivity index (χ3v) is 5.12. The summed E-state index contributed by atoms with van der Waals surface area (Å²) >= 11 is 0. The summed E-state index contributed by atoms with van der Waals surface area (Å²) in [4.78, 5) is 16.3. The number of nitrogens with zero attached hydrogens (tertiary/aromatic N) is 5. The van der Waals surface area contributed by atoms with Gasteiger partial charge in [-0.05, 0) is 33.8 Å². The third-order valence-electron chi connectivity index (χ3n) is 5.12. The van der Waals surface area contributed by atoms with Crippen LogP contribution in [0.1, 0.15) is 34.1 Å². The van der Waals surface area contributed by atoms with Gasteiger partial charge in [0.05, 0.1) is 28.3 Å². The van der Waals surface area contributed by atoms with Gasteiger partial charge in [-0.3, -0.25) is 14.2 Å². The maximum absolute atomic E-state index is 11.5. The van der Waals surface area contributed by atoms with Crippen LogP contribution in [0.15, 0.2) is 24.7 Å². The molecule has 4 rings (SSSR count). The summed E-state index contributed by atoms with van der Waals surface area (Å²) in [5.41, 5.74) is 2.39. The van der Waals surface area contributed by atoms with Crippen LogP contribution in [0, 0.1) is 5.92 Å². The number of hydrogen-bond acceptors (Lipinski definition) is 5. The zero-order valence-corrected chi connectivity index (χ0v) is 16.9. The summed E-state index contributed by atoms with van der Waals surface area (Å²) in [5.74, 6) is 0.743. The molecule has 1 N–H and O–H groups in total. The minimum absolute atomic E-state index is 0.0725. The van der Waals surface area contributed by atoms with E-state index in [4.69, 9.17) is 9.72 Å². The first kappa shape index (κ1) is 18.5. The van der Waals surface area contributed by atoms with Crippen LogP contribution < -0.4 is 10.1 Å². The highest BCUT2D eigenvalue weighted by molar-refractivity contribution is 5.86. The Labute approximate surface area is 163 Å². The molecule has 3 aromatic heterocycles. The summed E-state index contributed by atoms with van der Waals surface area (Å²) in [5, 5.41) is 12.7. The number of carbonyl (C=O) groups is 1. The Hall–Kier alpha value is -2.90. The van der Waals surface area contributed by atoms with Gasteiger partial charge >= 0.3 is 0 Å². The molecule has 4 heterocycles. The second-order valence-corrected chi connectivity index (χ2v) is 8.48. The second kappa shape index (κ2) is 6.61. The van der Waals surface area contributed by atoms with Gasteiger partial charge in [-0.1, -0.05) is 0 Å². The molecule has 28 heavy (non-hydrogen) atoms. The lowest BCUT2D eigenvalue weighted by atomic mass is 10.0. The van der Waals surface area contributed by atoms with Crippen LogP contribution in [0.4, 0.5) is 0 Å². The molecule has 0 aliphatic carbocycles. The molecular formula is C20H26N6O2. The van der Waals surface area contributed by atoms with Crippen LogP contribution in [0.25, 0.3) is 22.2 Å². The highest BCUT2D eigenvalue weighted by Crippen LogP contribution is 2.31. The summed E-state index contributed by atoms with van der Waals surface area (Å²) in [6.07, 6.45) is 6.06. The molecule has 1 unspecified atom stereocenters. The summed E-state index contributed by atoms with van der Waals surface area (Å²) in [6.45, 7) is 8.93. The van der Waals surface area contributed by atoms with Gasteiger partial charge in [0.25, 0.3) is 0 Å². The van der Waals surface area contributed by atoms with Crippen LogP contribution in [-0.2, 0) is 17.4 Å². The molecule has 0 spiro atoms. The Morgan fingerprint density at radius 2 is 2.11 bits per heavy atom. The van der Waals surface area contributed by atoms with E-state index in [1.165, 1.54) is 0 Å². The van der Waals surface area contributed by atoms with E-state index in [1.807, 2.05) is 43.3 Å². The molecule has 1 aliphatic heterocycles. The van der Waals surface area contributed by atoms with Crippen molar-refractivity contribution in [2.24, 2.45) is 13.0 Å². The van der Waals surface area contributed by atoms with Crippen molar-refractivity contribution in [1.29, 1.82) is 0 Å². The lowest BCUT2D eigenvalue weighted by molar-refractivity contribution is -0.119. The average Bonchev–Trinajstić information content (AvgIpc) is 3.32. The molecule has 1 saturated heterocycles. The van der Waals surface area contributed by atoms with Gasteiger partial charge < -0.3 is 10.1 Å². The van der Waals surface area contributed by atoms with Gasteiger partial charge in [0.1, 0.15) is 6.10 Å². The summed E-state index contributed by atoms with van der Waals surface area (Å²) in [6, 6.07) is 1.96. The third kappa shape index (κ3) is 3.46. The van der Waals surface area contributed by atoms with Crippen molar-refractivity contribution in [1.82, 2.24) is 29.9 Å². The van der Waals surface area contributed by atoms with Gasteiger partial charge in [-0.2, -0.15) is 10.2 Å². The van der Waals surface area contributed by atoms with Gasteiger partial charge in [0, 0.05) is 43.9 Å². The van der Waals surface area contributed by atoms with Gasteiger partial charge in [0.15, 0.2) is 0 Å². The normalized spacial score (nSPS) is 18.5. The van der Waals surface area contributed by atoms with Crippen molar-refractivity contribution >= 4 is 16.8 Å². The number of nitrogens with one attached hydrogen (secondary N) is 1. The van der Waals surface area contributed by atoms with Crippen molar-refractivity contribution in [2.45, 2.75) is 45.8 Å². The average molecular weight is 382 g/mol. The topological polar surface area (TPSA) is 86.9 Å². The maximum atomic E-state index is 11.5. The van der Waals surface area contributed by atoms with E-state index in [0.29, 0.717) is 18.8 Å². The van der Waals surface area contributed by atoms with Crippen LogP contribution >= 0.6 is 0 Å². The van der Waals surface area contributed by atoms with Crippen LogP contribution in [0.3, 0.4) is 0 Å². The fraction of sp³-hybridized carbons (Fsp3) is 0.500. The van der Waals surface area contributed by atoms with Gasteiger partial charge in [-0.25, -0.2) is 4.98 Å². The molecule has 148 valence electrons. The van der Waals surface area contributed by atoms with E-state index in [1.54, 1.807) is 4.68 Å². The fourth-order valence-electron chi connectivity index (χ4n) is 3.40. The van der Waals surface area contributed by atoms with Crippen molar-refractivity contribution < 1.29 is 9.53 Å². The fourth-order valence-corrected chi connectivity index (χ4v) is 3.40. The molecule has 1 fully saturated rings. The Morgan fingerprint density at radius 1 is 1.32 bits per heavy atom. The van der Waals surface area contributed by atoms with E-state index in [2.05, 4.69) is 36.3 Å². The first-order valence-electron chi connectivity index (χ1n) is 9.54. The Morgan fingerprint density at radius 3 is 2.75 bits per heavy atom. The van der Waals surface area contributed by atoms with E-state index < -0.39 is 0 Å². The number of pyridine rings is 1. The van der Waals surface area contributed by atoms with Crippen molar-refractivity contribution in [2.75, 3.05) is 6.54 Å². The minimum Gasteiger partial charge on any atom is -0.474 e. The molecule has 0 radical (unpaired) electrons. The first-order chi connectivity index (χ1) is 13.2. The standard InChI is InChI=1S/C20H26N6O2/c1-12(13-6-18(27)21-8-13)28-19-15-11-25(5)24-17(15)7-16(23-19)14-9-22-26(10-14)20(2,3)4/h7,9-13H,6,8H2,1-5H3,(H,21,27)/t12?,13-/m1/s1. The van der Waals surface area contributed by atoms with Crippen LogP contribution in [-0.4, -0.2) is 43.1 Å². The van der Waals surface area contributed by atoms with E-state index in [0.717, 1.165) is 22.2 Å². The number of carbonyl (C=O) groups excluding carboxylic acids is 1. The van der Waals surface area contributed by atoms with Crippen molar-refractivity contribution in [3.05, 3.63) is 24.7 Å². The number of amides is 1. The molecule has 2 atom stereocenters. The predicted molar refractivity (Wildman–Crippen MR) is 106 cm³/mol. The largest absolute Gasteiger partial charge is 0.474 e. The number of ether oxygens (including phenoxy) is 1. The van der Waals surface area contributed by atoms with Crippen molar-refractivity contribution in [3.8, 4) is 17.1 Å². The second-order valence-electron chi connectivity index (χ2n) is 8.48. The molecule has 1 aliphatic rings. The zero-order chi connectivity index (χ0) is 20.1. The molecule has 8 heteroatoms. The summed E-state index contributed by atoms with van der Waals surface area (Å²) in [7, 11) is 1.88. The minimum atomic E-state index is -0.137. The highest BCUT2D eigenvalue weighted by atomic mass is 16.5. The van der Waals surface area contributed by atoms with Gasteiger partial charge in [-0.15, -0.1) is 0 Å².